The zero-order valence-corrected chi connectivity index (χ0v) is 11.5. The lowest BCUT2D eigenvalue weighted by atomic mass is 9.98. The van der Waals surface area contributed by atoms with Crippen LogP contribution in [-0.4, -0.2) is 41.1 Å². The van der Waals surface area contributed by atoms with Gasteiger partial charge >= 0.3 is 0 Å². The van der Waals surface area contributed by atoms with Crippen molar-refractivity contribution in [1.82, 2.24) is 5.32 Å². The topological polar surface area (TPSA) is 69.6 Å². The lowest BCUT2D eigenvalue weighted by molar-refractivity contribution is 0.0650. The van der Waals surface area contributed by atoms with Crippen LogP contribution in [0.15, 0.2) is 29.2 Å². The number of benzene rings is 1. The number of aliphatic hydroxyl groups excluding tert-OH is 2. The van der Waals surface area contributed by atoms with E-state index in [1.807, 2.05) is 25.3 Å². The van der Waals surface area contributed by atoms with Crippen LogP contribution in [0.3, 0.4) is 0 Å². The van der Waals surface area contributed by atoms with Gasteiger partial charge in [0.2, 0.25) is 0 Å². The molecule has 3 N–H and O–H groups in total. The molecule has 0 heterocycles. The molecular weight excluding hydrogens is 250 g/mol. The van der Waals surface area contributed by atoms with Gasteiger partial charge in [-0.05, 0) is 24.8 Å². The number of amides is 1. The predicted molar refractivity (Wildman–Crippen MR) is 72.9 cm³/mol. The van der Waals surface area contributed by atoms with E-state index < -0.39 is 5.54 Å². The summed E-state index contributed by atoms with van der Waals surface area (Å²) in [6, 6.07) is 7.26. The standard InChI is InChI=1S/C13H19NO3S/c1-3-13(8-15,9-16)14-12(17)10-6-4-5-7-11(10)18-2/h4-7,15-16H,3,8-9H2,1-2H3,(H,14,17). The zero-order valence-electron chi connectivity index (χ0n) is 10.6. The molecule has 4 nitrogen and oxygen atoms in total. The third-order valence-electron chi connectivity index (χ3n) is 3.01. The highest BCUT2D eigenvalue weighted by Crippen LogP contribution is 2.20. The van der Waals surface area contributed by atoms with Gasteiger partial charge in [-0.15, -0.1) is 11.8 Å². The molecule has 0 atom stereocenters. The number of aliphatic hydroxyl groups is 2. The first-order valence-electron chi connectivity index (χ1n) is 5.79. The third kappa shape index (κ3) is 3.25. The molecule has 100 valence electrons. The Morgan fingerprint density at radius 3 is 2.44 bits per heavy atom. The van der Waals surface area contributed by atoms with Gasteiger partial charge in [0, 0.05) is 4.90 Å². The summed E-state index contributed by atoms with van der Waals surface area (Å²) in [6.45, 7) is 1.24. The van der Waals surface area contributed by atoms with Crippen LogP contribution < -0.4 is 5.32 Å². The molecule has 0 unspecified atom stereocenters. The second-order valence-corrected chi connectivity index (χ2v) is 4.95. The van der Waals surface area contributed by atoms with E-state index in [2.05, 4.69) is 5.32 Å². The van der Waals surface area contributed by atoms with Gasteiger partial charge in [-0.25, -0.2) is 0 Å². The molecule has 0 bridgehead atoms. The molecule has 5 heteroatoms. The average Bonchev–Trinajstić information content (AvgIpc) is 2.44. The van der Waals surface area contributed by atoms with Gasteiger partial charge in [0.25, 0.3) is 5.91 Å². The molecule has 0 aromatic heterocycles. The maximum absolute atomic E-state index is 12.2. The number of thioether (sulfide) groups is 1. The minimum atomic E-state index is -0.956. The van der Waals surface area contributed by atoms with Crippen LogP contribution in [0.1, 0.15) is 23.7 Å². The maximum Gasteiger partial charge on any atom is 0.253 e. The smallest absolute Gasteiger partial charge is 0.253 e. The Labute approximate surface area is 111 Å². The van der Waals surface area contributed by atoms with E-state index in [9.17, 15) is 15.0 Å². The number of nitrogens with one attached hydrogen (secondary N) is 1. The van der Waals surface area contributed by atoms with Crippen molar-refractivity contribution in [3.05, 3.63) is 29.8 Å². The molecule has 1 rings (SSSR count). The van der Waals surface area contributed by atoms with Crippen LogP contribution in [0.4, 0.5) is 0 Å². The molecule has 0 radical (unpaired) electrons. The predicted octanol–water partition coefficient (Wildman–Crippen LogP) is 1.27. The molecule has 1 amide bonds. The Hall–Kier alpha value is -1.04. The zero-order chi connectivity index (χ0) is 13.6. The Morgan fingerprint density at radius 1 is 1.33 bits per heavy atom. The molecule has 18 heavy (non-hydrogen) atoms. The van der Waals surface area contributed by atoms with Crippen molar-refractivity contribution in [2.75, 3.05) is 19.5 Å². The molecule has 0 saturated heterocycles. The second-order valence-electron chi connectivity index (χ2n) is 4.10. The normalized spacial score (nSPS) is 11.3. The van der Waals surface area contributed by atoms with Crippen LogP contribution in [0.5, 0.6) is 0 Å². The molecule has 1 aromatic rings. The largest absolute Gasteiger partial charge is 0.394 e. The summed E-state index contributed by atoms with van der Waals surface area (Å²) in [5, 5.41) is 21.4. The highest BCUT2D eigenvalue weighted by atomic mass is 32.2. The summed E-state index contributed by atoms with van der Waals surface area (Å²) < 4.78 is 0. The molecule has 1 aromatic carbocycles. The lowest BCUT2D eigenvalue weighted by Gasteiger charge is -2.29. The molecule has 0 aliphatic carbocycles. The molecule has 0 aliphatic heterocycles. The second kappa shape index (κ2) is 6.78. The van der Waals surface area contributed by atoms with Gasteiger partial charge in [-0.3, -0.25) is 4.79 Å². The Kier molecular flexibility index (Phi) is 5.65. The number of hydrogen-bond acceptors (Lipinski definition) is 4. The number of hydrogen-bond donors (Lipinski definition) is 3. The summed E-state index contributed by atoms with van der Waals surface area (Å²) in [6.07, 6.45) is 2.37. The fourth-order valence-corrected chi connectivity index (χ4v) is 2.18. The van der Waals surface area contributed by atoms with Crippen LogP contribution in [0.2, 0.25) is 0 Å². The van der Waals surface area contributed by atoms with E-state index in [1.54, 1.807) is 12.1 Å². The first-order valence-corrected chi connectivity index (χ1v) is 7.02. The van der Waals surface area contributed by atoms with E-state index >= 15 is 0 Å². The van der Waals surface area contributed by atoms with E-state index in [4.69, 9.17) is 0 Å². The van der Waals surface area contributed by atoms with E-state index in [0.717, 1.165) is 4.90 Å². The van der Waals surface area contributed by atoms with E-state index in [0.29, 0.717) is 12.0 Å². The maximum atomic E-state index is 12.2. The highest BCUT2D eigenvalue weighted by Gasteiger charge is 2.29. The monoisotopic (exact) mass is 269 g/mol. The number of carbonyl (C=O) groups excluding carboxylic acids is 1. The summed E-state index contributed by atoms with van der Waals surface area (Å²) >= 11 is 1.49. The van der Waals surface area contributed by atoms with Crippen molar-refractivity contribution in [2.45, 2.75) is 23.8 Å². The van der Waals surface area contributed by atoms with Gasteiger partial charge in [-0.2, -0.15) is 0 Å². The van der Waals surface area contributed by atoms with Crippen molar-refractivity contribution in [3.63, 3.8) is 0 Å². The fraction of sp³-hybridized carbons (Fsp3) is 0.462. The van der Waals surface area contributed by atoms with Gasteiger partial charge in [0.1, 0.15) is 0 Å². The van der Waals surface area contributed by atoms with Gasteiger partial charge in [0.05, 0.1) is 24.3 Å². The van der Waals surface area contributed by atoms with Crippen molar-refractivity contribution in [3.8, 4) is 0 Å². The molecular formula is C13H19NO3S. The fourth-order valence-electron chi connectivity index (χ4n) is 1.58. The van der Waals surface area contributed by atoms with Crippen molar-refractivity contribution in [2.24, 2.45) is 0 Å². The SMILES string of the molecule is CCC(CO)(CO)NC(=O)c1ccccc1SC. The lowest BCUT2D eigenvalue weighted by Crippen LogP contribution is -2.53. The molecule has 0 spiro atoms. The van der Waals surface area contributed by atoms with E-state index in [-0.39, 0.29) is 19.1 Å². The van der Waals surface area contributed by atoms with Crippen LogP contribution in [0, 0.1) is 0 Å². The summed E-state index contributed by atoms with van der Waals surface area (Å²) in [5.41, 5.74) is -0.396. The summed E-state index contributed by atoms with van der Waals surface area (Å²) in [4.78, 5) is 13.0. The van der Waals surface area contributed by atoms with Crippen LogP contribution in [-0.2, 0) is 0 Å². The summed E-state index contributed by atoms with van der Waals surface area (Å²) in [5.74, 6) is -0.273. The van der Waals surface area contributed by atoms with Gasteiger partial charge < -0.3 is 15.5 Å². The Morgan fingerprint density at radius 2 is 1.94 bits per heavy atom. The third-order valence-corrected chi connectivity index (χ3v) is 3.81. The molecule has 0 saturated carbocycles. The van der Waals surface area contributed by atoms with Crippen molar-refractivity contribution < 1.29 is 15.0 Å². The van der Waals surface area contributed by atoms with Gasteiger partial charge in [0.15, 0.2) is 0 Å². The quantitative estimate of drug-likeness (QED) is 0.680. The van der Waals surface area contributed by atoms with Crippen molar-refractivity contribution in [1.29, 1.82) is 0 Å². The highest BCUT2D eigenvalue weighted by molar-refractivity contribution is 7.98. The minimum absolute atomic E-state index is 0.273. The van der Waals surface area contributed by atoms with Crippen LogP contribution in [0.25, 0.3) is 0 Å². The van der Waals surface area contributed by atoms with Gasteiger partial charge in [-0.1, -0.05) is 19.1 Å². The number of carbonyl (C=O) groups is 1. The number of rotatable bonds is 6. The van der Waals surface area contributed by atoms with Crippen LogP contribution >= 0.6 is 11.8 Å². The summed E-state index contributed by atoms with van der Waals surface area (Å²) in [7, 11) is 0. The Bertz CT molecular complexity index is 397. The first kappa shape index (κ1) is 15.0. The van der Waals surface area contributed by atoms with Crippen molar-refractivity contribution >= 4 is 17.7 Å². The first-order chi connectivity index (χ1) is 8.62. The van der Waals surface area contributed by atoms with E-state index in [1.165, 1.54) is 11.8 Å². The Balaban J connectivity index is 2.94. The average molecular weight is 269 g/mol. The molecule has 0 fully saturated rings. The molecule has 0 aliphatic rings. The minimum Gasteiger partial charge on any atom is -0.394 e.